The van der Waals surface area contributed by atoms with Gasteiger partial charge in [-0.25, -0.2) is 4.79 Å². The first-order valence-electron chi connectivity index (χ1n) is 8.61. The molecule has 0 saturated heterocycles. The Morgan fingerprint density at radius 3 is 2.32 bits per heavy atom. The highest BCUT2D eigenvalue weighted by molar-refractivity contribution is 6.22. The van der Waals surface area contributed by atoms with Gasteiger partial charge in [0, 0.05) is 12.1 Å². The van der Waals surface area contributed by atoms with Crippen molar-refractivity contribution >= 4 is 23.7 Å². The number of rotatable bonds is 7. The van der Waals surface area contributed by atoms with Crippen molar-refractivity contribution in [3.05, 3.63) is 70.8 Å². The van der Waals surface area contributed by atoms with Crippen LogP contribution in [0.25, 0.3) is 0 Å². The molecule has 3 amide bonds. The number of carbonyl (C=O) groups is 4. The van der Waals surface area contributed by atoms with Crippen molar-refractivity contribution in [1.29, 1.82) is 0 Å². The standard InChI is InChI=1S/C20H18N2O6/c23-11-16(20(27)28)21-17(24)13-6-7-14-15(10-13)19(26)22(18(14)25)9-8-12-4-2-1-3-5-12/h1-7,10,16,23H,8-9,11H2,(H,21,24)(H,27,28). The molecular weight excluding hydrogens is 364 g/mol. The monoisotopic (exact) mass is 382 g/mol. The predicted molar refractivity (Wildman–Crippen MR) is 97.9 cm³/mol. The fourth-order valence-electron chi connectivity index (χ4n) is 2.95. The van der Waals surface area contributed by atoms with Crippen LogP contribution in [0.2, 0.25) is 0 Å². The van der Waals surface area contributed by atoms with Gasteiger partial charge in [-0.1, -0.05) is 30.3 Å². The summed E-state index contributed by atoms with van der Waals surface area (Å²) < 4.78 is 0. The highest BCUT2D eigenvalue weighted by Crippen LogP contribution is 2.24. The van der Waals surface area contributed by atoms with Gasteiger partial charge in [0.1, 0.15) is 0 Å². The number of aliphatic hydroxyl groups excluding tert-OH is 1. The van der Waals surface area contributed by atoms with Crippen LogP contribution in [-0.4, -0.2) is 58.0 Å². The van der Waals surface area contributed by atoms with E-state index < -0.39 is 36.3 Å². The molecule has 0 radical (unpaired) electrons. The number of carboxylic acid groups (broad SMARTS) is 1. The van der Waals surface area contributed by atoms with Crippen LogP contribution in [-0.2, 0) is 11.2 Å². The predicted octanol–water partition coefficient (Wildman–Crippen LogP) is 0.701. The van der Waals surface area contributed by atoms with Gasteiger partial charge < -0.3 is 15.5 Å². The van der Waals surface area contributed by atoms with Crippen molar-refractivity contribution in [1.82, 2.24) is 10.2 Å². The molecule has 3 rings (SSSR count). The summed E-state index contributed by atoms with van der Waals surface area (Å²) in [4.78, 5) is 49.4. The number of aliphatic carboxylic acids is 1. The first-order valence-corrected chi connectivity index (χ1v) is 8.61. The number of carbonyl (C=O) groups excluding carboxylic acids is 3. The number of nitrogens with zero attached hydrogens (tertiary/aromatic N) is 1. The highest BCUT2D eigenvalue weighted by Gasteiger charge is 2.35. The normalized spacial score (nSPS) is 14.0. The second-order valence-electron chi connectivity index (χ2n) is 6.30. The average molecular weight is 382 g/mol. The number of fused-ring (bicyclic) bond motifs is 1. The zero-order valence-corrected chi connectivity index (χ0v) is 14.8. The van der Waals surface area contributed by atoms with Crippen molar-refractivity contribution in [2.75, 3.05) is 13.2 Å². The summed E-state index contributed by atoms with van der Waals surface area (Å²) in [6.45, 7) is -0.555. The topological polar surface area (TPSA) is 124 Å². The molecule has 0 bridgehead atoms. The van der Waals surface area contributed by atoms with E-state index >= 15 is 0 Å². The number of aliphatic hydroxyl groups is 1. The number of benzene rings is 2. The molecule has 1 aliphatic rings. The zero-order chi connectivity index (χ0) is 20.3. The summed E-state index contributed by atoms with van der Waals surface area (Å²) in [5, 5.41) is 20.1. The Morgan fingerprint density at radius 2 is 1.68 bits per heavy atom. The lowest BCUT2D eigenvalue weighted by atomic mass is 10.1. The summed E-state index contributed by atoms with van der Waals surface area (Å²) in [7, 11) is 0. The third kappa shape index (κ3) is 3.77. The molecule has 3 N–H and O–H groups in total. The van der Waals surface area contributed by atoms with Crippen LogP contribution < -0.4 is 5.32 Å². The maximum Gasteiger partial charge on any atom is 0.328 e. The van der Waals surface area contributed by atoms with Gasteiger partial charge in [0.15, 0.2) is 6.04 Å². The largest absolute Gasteiger partial charge is 0.480 e. The van der Waals surface area contributed by atoms with E-state index in [1.165, 1.54) is 18.2 Å². The van der Waals surface area contributed by atoms with Crippen LogP contribution in [0, 0.1) is 0 Å². The van der Waals surface area contributed by atoms with E-state index in [-0.39, 0.29) is 23.2 Å². The average Bonchev–Trinajstić information content (AvgIpc) is 2.94. The maximum atomic E-state index is 12.6. The van der Waals surface area contributed by atoms with Crippen LogP contribution in [0.5, 0.6) is 0 Å². The van der Waals surface area contributed by atoms with Gasteiger partial charge in [-0.05, 0) is 30.2 Å². The van der Waals surface area contributed by atoms with E-state index in [2.05, 4.69) is 5.32 Å². The Balaban J connectivity index is 1.76. The smallest absolute Gasteiger partial charge is 0.328 e. The Labute approximate surface area is 160 Å². The summed E-state index contributed by atoms with van der Waals surface area (Å²) in [6.07, 6.45) is 0.510. The molecule has 0 fully saturated rings. The van der Waals surface area contributed by atoms with Gasteiger partial charge in [0.2, 0.25) is 0 Å². The van der Waals surface area contributed by atoms with Crippen molar-refractivity contribution < 1.29 is 29.4 Å². The molecule has 8 heteroatoms. The molecule has 144 valence electrons. The molecule has 1 unspecified atom stereocenters. The third-order valence-corrected chi connectivity index (χ3v) is 4.49. The number of hydrogen-bond donors (Lipinski definition) is 3. The van der Waals surface area contributed by atoms with Gasteiger partial charge in [0.25, 0.3) is 17.7 Å². The van der Waals surface area contributed by atoms with Crippen molar-refractivity contribution in [2.24, 2.45) is 0 Å². The summed E-state index contributed by atoms with van der Waals surface area (Å²) in [6, 6.07) is 12.0. The Kier molecular flexibility index (Phi) is 5.51. The maximum absolute atomic E-state index is 12.6. The Hall–Kier alpha value is -3.52. The molecule has 28 heavy (non-hydrogen) atoms. The van der Waals surface area contributed by atoms with Crippen LogP contribution in [0.15, 0.2) is 48.5 Å². The number of nitrogens with one attached hydrogen (secondary N) is 1. The van der Waals surface area contributed by atoms with Crippen LogP contribution in [0.1, 0.15) is 36.6 Å². The number of carboxylic acids is 1. The van der Waals surface area contributed by atoms with E-state index in [4.69, 9.17) is 10.2 Å². The van der Waals surface area contributed by atoms with Crippen molar-refractivity contribution in [3.63, 3.8) is 0 Å². The van der Waals surface area contributed by atoms with E-state index in [0.717, 1.165) is 10.5 Å². The Bertz CT molecular complexity index is 941. The summed E-state index contributed by atoms with van der Waals surface area (Å²) in [5.74, 6) is -3.06. The molecule has 2 aromatic carbocycles. The van der Waals surface area contributed by atoms with Gasteiger partial charge in [-0.3, -0.25) is 19.3 Å². The molecule has 1 atom stereocenters. The molecule has 1 aliphatic heterocycles. The molecule has 0 spiro atoms. The lowest BCUT2D eigenvalue weighted by Gasteiger charge is -2.13. The van der Waals surface area contributed by atoms with Gasteiger partial charge in [-0.2, -0.15) is 0 Å². The number of amides is 3. The van der Waals surface area contributed by atoms with Crippen LogP contribution in [0.4, 0.5) is 0 Å². The highest BCUT2D eigenvalue weighted by atomic mass is 16.4. The van der Waals surface area contributed by atoms with Gasteiger partial charge in [0.05, 0.1) is 17.7 Å². The number of hydrogen-bond acceptors (Lipinski definition) is 5. The van der Waals surface area contributed by atoms with E-state index in [1.54, 1.807) is 0 Å². The van der Waals surface area contributed by atoms with E-state index in [1.807, 2.05) is 30.3 Å². The van der Waals surface area contributed by atoms with Crippen LogP contribution in [0.3, 0.4) is 0 Å². The van der Waals surface area contributed by atoms with E-state index in [0.29, 0.717) is 6.42 Å². The molecule has 0 aliphatic carbocycles. The molecular formula is C20H18N2O6. The first-order chi connectivity index (χ1) is 13.4. The van der Waals surface area contributed by atoms with Crippen molar-refractivity contribution in [3.8, 4) is 0 Å². The molecule has 1 heterocycles. The molecule has 0 aromatic heterocycles. The lowest BCUT2D eigenvalue weighted by molar-refractivity contribution is -0.140. The molecule has 8 nitrogen and oxygen atoms in total. The van der Waals surface area contributed by atoms with Gasteiger partial charge in [-0.15, -0.1) is 0 Å². The first kappa shape index (κ1) is 19.2. The lowest BCUT2D eigenvalue weighted by Crippen LogP contribution is -2.43. The summed E-state index contributed by atoms with van der Waals surface area (Å²) >= 11 is 0. The fourth-order valence-corrected chi connectivity index (χ4v) is 2.95. The van der Waals surface area contributed by atoms with Crippen LogP contribution >= 0.6 is 0 Å². The minimum Gasteiger partial charge on any atom is -0.480 e. The van der Waals surface area contributed by atoms with E-state index in [9.17, 15) is 19.2 Å². The quantitative estimate of drug-likeness (QED) is 0.606. The van der Waals surface area contributed by atoms with Gasteiger partial charge >= 0.3 is 5.97 Å². The second kappa shape index (κ2) is 8.01. The SMILES string of the molecule is O=C(NC(CO)C(=O)O)c1ccc2c(c1)C(=O)N(CCc1ccccc1)C2=O. The fraction of sp³-hybridized carbons (Fsp3) is 0.200. The minimum absolute atomic E-state index is 0.0320. The second-order valence-corrected chi connectivity index (χ2v) is 6.30. The molecule has 2 aromatic rings. The number of imide groups is 1. The zero-order valence-electron chi connectivity index (χ0n) is 14.8. The third-order valence-electron chi connectivity index (χ3n) is 4.49. The van der Waals surface area contributed by atoms with Crippen molar-refractivity contribution in [2.45, 2.75) is 12.5 Å². The molecule has 0 saturated carbocycles. The minimum atomic E-state index is -1.46. The Morgan fingerprint density at radius 1 is 1.00 bits per heavy atom. The summed E-state index contributed by atoms with van der Waals surface area (Å²) in [5.41, 5.74) is 1.32.